The first kappa shape index (κ1) is 29.6. The molecule has 0 spiro atoms. The zero-order chi connectivity index (χ0) is 27.8. The second-order valence-electron chi connectivity index (χ2n) is 8.26. The number of aromatic nitrogens is 2. The minimum Gasteiger partial charge on any atom is -0.475 e. The van der Waals surface area contributed by atoms with Gasteiger partial charge in [0.05, 0.1) is 25.5 Å². The molecule has 2 N–H and O–H groups in total. The van der Waals surface area contributed by atoms with E-state index >= 15 is 0 Å². The van der Waals surface area contributed by atoms with E-state index in [1.807, 2.05) is 29.2 Å². The van der Waals surface area contributed by atoms with Crippen LogP contribution in [0.1, 0.15) is 29.9 Å². The van der Waals surface area contributed by atoms with E-state index in [1.165, 1.54) is 13.3 Å². The summed E-state index contributed by atoms with van der Waals surface area (Å²) in [6.45, 7) is 6.36. The number of nitrogens with one attached hydrogen (secondary N) is 1. The minimum atomic E-state index is -5.08. The van der Waals surface area contributed by atoms with Crippen molar-refractivity contribution in [1.82, 2.24) is 20.2 Å². The Balaban J connectivity index is 0.000000604. The molecule has 202 valence electrons. The molecule has 0 radical (unpaired) electrons. The minimum absolute atomic E-state index is 0.00655. The molecule has 2 aromatic rings. The summed E-state index contributed by atoms with van der Waals surface area (Å²) in [6, 6.07) is 7.37. The van der Waals surface area contributed by atoms with Gasteiger partial charge in [0.1, 0.15) is 5.82 Å². The van der Waals surface area contributed by atoms with E-state index in [9.17, 15) is 22.8 Å². The van der Waals surface area contributed by atoms with Gasteiger partial charge in [-0.25, -0.2) is 24.4 Å². The van der Waals surface area contributed by atoms with Crippen molar-refractivity contribution in [1.29, 1.82) is 0 Å². The van der Waals surface area contributed by atoms with Crippen LogP contribution in [-0.4, -0.2) is 76.9 Å². The topological polar surface area (TPSA) is 125 Å². The summed E-state index contributed by atoms with van der Waals surface area (Å²) in [4.78, 5) is 45.7. The van der Waals surface area contributed by atoms with E-state index in [4.69, 9.17) is 21.5 Å². The highest BCUT2D eigenvalue weighted by Gasteiger charge is 2.38. The Morgan fingerprint density at radius 2 is 1.84 bits per heavy atom. The van der Waals surface area contributed by atoms with Gasteiger partial charge in [0, 0.05) is 31.2 Å². The van der Waals surface area contributed by atoms with Crippen molar-refractivity contribution in [2.24, 2.45) is 5.92 Å². The van der Waals surface area contributed by atoms with Crippen molar-refractivity contribution in [3.05, 3.63) is 52.9 Å². The van der Waals surface area contributed by atoms with E-state index < -0.39 is 18.1 Å². The molecule has 1 unspecified atom stereocenters. The highest BCUT2D eigenvalue weighted by atomic mass is 35.5. The summed E-state index contributed by atoms with van der Waals surface area (Å²) in [6.07, 6.45) is -2.11. The zero-order valence-corrected chi connectivity index (χ0v) is 21.1. The van der Waals surface area contributed by atoms with Gasteiger partial charge in [0.25, 0.3) is 0 Å². The SMILES string of the molecule is COC(=O)c1cnc(N2CCN(C(=O)NCc3ccccc3Cl)C(C(C)C)C2)cn1.O=C(O)C(F)(F)F. The Bertz CT molecular complexity index is 1090. The summed E-state index contributed by atoms with van der Waals surface area (Å²) >= 11 is 6.19. The molecule has 1 aromatic heterocycles. The van der Waals surface area contributed by atoms with Crippen LogP contribution in [0.15, 0.2) is 36.7 Å². The molecular weight excluding hydrogens is 519 g/mol. The van der Waals surface area contributed by atoms with Crippen LogP contribution < -0.4 is 10.2 Å². The van der Waals surface area contributed by atoms with Crippen molar-refractivity contribution in [2.75, 3.05) is 31.6 Å². The second kappa shape index (κ2) is 13.1. The number of ether oxygens (including phenoxy) is 1. The van der Waals surface area contributed by atoms with Gasteiger partial charge in [-0.2, -0.15) is 13.2 Å². The van der Waals surface area contributed by atoms with Crippen molar-refractivity contribution in [2.45, 2.75) is 32.6 Å². The quantitative estimate of drug-likeness (QED) is 0.546. The number of carboxylic acids is 1. The number of esters is 1. The number of hydrogen-bond acceptors (Lipinski definition) is 7. The summed E-state index contributed by atoms with van der Waals surface area (Å²) < 4.78 is 36.4. The molecule has 10 nitrogen and oxygen atoms in total. The molecule has 2 amide bonds. The van der Waals surface area contributed by atoms with Crippen molar-refractivity contribution < 1.29 is 37.4 Å². The van der Waals surface area contributed by atoms with E-state index in [0.717, 1.165) is 5.56 Å². The number of urea groups is 1. The maximum atomic E-state index is 12.9. The lowest BCUT2D eigenvalue weighted by Gasteiger charge is -2.43. The normalized spacial score (nSPS) is 15.5. The maximum Gasteiger partial charge on any atom is 0.490 e. The first-order valence-electron chi connectivity index (χ1n) is 11.1. The van der Waals surface area contributed by atoms with Gasteiger partial charge in [-0.3, -0.25) is 0 Å². The molecule has 1 fully saturated rings. The third kappa shape index (κ3) is 8.48. The van der Waals surface area contributed by atoms with Crippen LogP contribution in [0.25, 0.3) is 0 Å². The fraction of sp³-hybridized carbons (Fsp3) is 0.435. The number of rotatable bonds is 5. The number of hydrogen-bond donors (Lipinski definition) is 2. The van der Waals surface area contributed by atoms with Crippen LogP contribution in [0, 0.1) is 5.92 Å². The predicted octanol–water partition coefficient (Wildman–Crippen LogP) is 3.61. The van der Waals surface area contributed by atoms with Gasteiger partial charge in [-0.05, 0) is 17.5 Å². The molecule has 0 bridgehead atoms. The lowest BCUT2D eigenvalue weighted by Crippen LogP contribution is -2.59. The van der Waals surface area contributed by atoms with Crippen molar-refractivity contribution in [3.63, 3.8) is 0 Å². The lowest BCUT2D eigenvalue weighted by atomic mass is 10.00. The molecule has 1 aliphatic heterocycles. The van der Waals surface area contributed by atoms with Crippen molar-refractivity contribution in [3.8, 4) is 0 Å². The first-order valence-corrected chi connectivity index (χ1v) is 11.5. The number of aliphatic carboxylic acids is 1. The van der Waals surface area contributed by atoms with Gasteiger partial charge in [0.2, 0.25) is 0 Å². The summed E-state index contributed by atoms with van der Waals surface area (Å²) in [5.41, 5.74) is 1.05. The molecule has 14 heteroatoms. The predicted molar refractivity (Wildman–Crippen MR) is 128 cm³/mol. The molecule has 2 heterocycles. The number of benzene rings is 1. The number of carboxylic acid groups (broad SMARTS) is 1. The summed E-state index contributed by atoms with van der Waals surface area (Å²) in [5, 5.41) is 10.7. The molecular formula is C23H27ClF3N5O5. The smallest absolute Gasteiger partial charge is 0.475 e. The number of methoxy groups -OCH3 is 1. The number of amides is 2. The Hall–Kier alpha value is -3.61. The average Bonchev–Trinajstić information content (AvgIpc) is 2.87. The van der Waals surface area contributed by atoms with E-state index in [0.29, 0.717) is 37.0 Å². The number of halogens is 4. The van der Waals surface area contributed by atoms with Gasteiger partial charge in [0.15, 0.2) is 5.69 Å². The van der Waals surface area contributed by atoms with E-state index in [2.05, 4.69) is 38.8 Å². The monoisotopic (exact) mass is 545 g/mol. The number of carbonyl (C=O) groups excluding carboxylic acids is 2. The Labute approximate surface area is 216 Å². The molecule has 0 aliphatic carbocycles. The molecule has 37 heavy (non-hydrogen) atoms. The largest absolute Gasteiger partial charge is 0.490 e. The molecule has 1 atom stereocenters. The molecule has 0 saturated carbocycles. The highest BCUT2D eigenvalue weighted by Crippen LogP contribution is 2.22. The fourth-order valence-electron chi connectivity index (χ4n) is 3.45. The fourth-order valence-corrected chi connectivity index (χ4v) is 3.65. The van der Waals surface area contributed by atoms with Gasteiger partial charge < -0.3 is 25.0 Å². The van der Waals surface area contributed by atoms with Crippen molar-refractivity contribution >= 4 is 35.4 Å². The molecule has 1 aliphatic rings. The molecule has 1 aromatic carbocycles. The molecule has 1 saturated heterocycles. The van der Waals surface area contributed by atoms with E-state index in [-0.39, 0.29) is 23.7 Å². The Morgan fingerprint density at radius 1 is 1.19 bits per heavy atom. The first-order chi connectivity index (χ1) is 17.3. The average molecular weight is 546 g/mol. The van der Waals surface area contributed by atoms with Crippen LogP contribution in [0.5, 0.6) is 0 Å². The lowest BCUT2D eigenvalue weighted by molar-refractivity contribution is -0.192. The number of alkyl halides is 3. The van der Waals surface area contributed by atoms with Crippen LogP contribution in [0.4, 0.5) is 23.8 Å². The molecule has 3 rings (SSSR count). The van der Waals surface area contributed by atoms with Crippen LogP contribution >= 0.6 is 11.6 Å². The van der Waals surface area contributed by atoms with Gasteiger partial charge in [-0.1, -0.05) is 43.6 Å². The summed E-state index contributed by atoms with van der Waals surface area (Å²) in [5.74, 6) is -2.35. The zero-order valence-electron chi connectivity index (χ0n) is 20.3. The number of piperazine rings is 1. The van der Waals surface area contributed by atoms with Gasteiger partial charge >= 0.3 is 24.1 Å². The van der Waals surface area contributed by atoms with Gasteiger partial charge in [-0.15, -0.1) is 0 Å². The maximum absolute atomic E-state index is 12.9. The summed E-state index contributed by atoms with van der Waals surface area (Å²) in [7, 11) is 1.31. The Morgan fingerprint density at radius 3 is 2.35 bits per heavy atom. The number of anilines is 1. The second-order valence-corrected chi connectivity index (χ2v) is 8.66. The third-order valence-electron chi connectivity index (χ3n) is 5.44. The standard InChI is InChI=1S/C21H26ClN5O3.C2HF3O2/c1-14(2)18-13-26(19-12-23-17(11-24-19)20(28)30-3)8-9-27(18)21(29)25-10-15-6-4-5-7-16(15)22;3-2(4,5)1(6)7/h4-7,11-12,14,18H,8-10,13H2,1-3H3,(H,25,29);(H,6,7). The van der Waals surface area contributed by atoms with E-state index in [1.54, 1.807) is 6.20 Å². The van der Waals surface area contributed by atoms with Crippen LogP contribution in [-0.2, 0) is 16.1 Å². The van der Waals surface area contributed by atoms with Crippen LogP contribution in [0.2, 0.25) is 5.02 Å². The number of carbonyl (C=O) groups is 3. The number of nitrogens with zero attached hydrogens (tertiary/aromatic N) is 4. The third-order valence-corrected chi connectivity index (χ3v) is 5.80. The Kier molecular flexibility index (Phi) is 10.5. The highest BCUT2D eigenvalue weighted by molar-refractivity contribution is 6.31. The van der Waals surface area contributed by atoms with Crippen LogP contribution in [0.3, 0.4) is 0 Å².